The largest absolute Gasteiger partial charge is 0.508 e. The first-order valence-electron chi connectivity index (χ1n) is 5.40. The SMILES string of the molecule is Cc1ccc(NC(=O)c2ccnc(F)c2F)cc1O. The van der Waals surface area contributed by atoms with E-state index in [2.05, 4.69) is 10.3 Å². The predicted molar refractivity (Wildman–Crippen MR) is 65.0 cm³/mol. The fourth-order valence-corrected chi connectivity index (χ4v) is 1.48. The molecule has 1 heterocycles. The molecule has 2 aromatic rings. The maximum atomic E-state index is 13.4. The Morgan fingerprint density at radius 2 is 2.05 bits per heavy atom. The first-order chi connectivity index (χ1) is 8.99. The van der Waals surface area contributed by atoms with Crippen LogP contribution in [-0.4, -0.2) is 16.0 Å². The van der Waals surface area contributed by atoms with Gasteiger partial charge in [-0.25, -0.2) is 9.37 Å². The van der Waals surface area contributed by atoms with Crippen molar-refractivity contribution in [2.45, 2.75) is 6.92 Å². The second kappa shape index (κ2) is 5.01. The lowest BCUT2D eigenvalue weighted by molar-refractivity contribution is 0.102. The lowest BCUT2D eigenvalue weighted by Crippen LogP contribution is -2.15. The van der Waals surface area contributed by atoms with E-state index in [0.717, 1.165) is 12.3 Å². The Morgan fingerprint density at radius 1 is 1.32 bits per heavy atom. The van der Waals surface area contributed by atoms with Gasteiger partial charge in [0.25, 0.3) is 5.91 Å². The van der Waals surface area contributed by atoms with Crippen molar-refractivity contribution in [1.82, 2.24) is 4.98 Å². The Labute approximate surface area is 107 Å². The highest BCUT2D eigenvalue weighted by atomic mass is 19.2. The molecule has 0 aliphatic rings. The molecular formula is C13H10F2N2O2. The molecule has 0 saturated carbocycles. The van der Waals surface area contributed by atoms with Crippen LogP contribution < -0.4 is 5.32 Å². The molecule has 6 heteroatoms. The number of rotatable bonds is 2. The third-order valence-corrected chi connectivity index (χ3v) is 2.56. The van der Waals surface area contributed by atoms with Gasteiger partial charge in [0.15, 0.2) is 5.82 Å². The number of phenolic OH excluding ortho intramolecular Hbond substituents is 1. The van der Waals surface area contributed by atoms with E-state index in [4.69, 9.17) is 0 Å². The van der Waals surface area contributed by atoms with Crippen LogP contribution in [0, 0.1) is 18.7 Å². The van der Waals surface area contributed by atoms with E-state index in [1.807, 2.05) is 0 Å². The zero-order valence-electron chi connectivity index (χ0n) is 9.95. The topological polar surface area (TPSA) is 62.2 Å². The van der Waals surface area contributed by atoms with Crippen molar-refractivity contribution in [3.8, 4) is 5.75 Å². The third-order valence-electron chi connectivity index (χ3n) is 2.56. The fraction of sp³-hybridized carbons (Fsp3) is 0.0769. The Hall–Kier alpha value is -2.50. The number of halogens is 2. The molecule has 0 unspecified atom stereocenters. The minimum Gasteiger partial charge on any atom is -0.508 e. The van der Waals surface area contributed by atoms with Gasteiger partial charge in [0.1, 0.15) is 5.75 Å². The van der Waals surface area contributed by atoms with E-state index in [1.54, 1.807) is 19.1 Å². The van der Waals surface area contributed by atoms with Gasteiger partial charge in [-0.15, -0.1) is 0 Å². The van der Waals surface area contributed by atoms with Crippen LogP contribution in [-0.2, 0) is 0 Å². The van der Waals surface area contributed by atoms with Crippen molar-refractivity contribution in [2.75, 3.05) is 5.32 Å². The molecule has 19 heavy (non-hydrogen) atoms. The Morgan fingerprint density at radius 3 is 2.74 bits per heavy atom. The Balaban J connectivity index is 2.26. The van der Waals surface area contributed by atoms with Crippen LogP contribution in [0.25, 0.3) is 0 Å². The monoisotopic (exact) mass is 264 g/mol. The number of amides is 1. The van der Waals surface area contributed by atoms with Gasteiger partial charge in [0.05, 0.1) is 5.56 Å². The van der Waals surface area contributed by atoms with Crippen LogP contribution in [0.3, 0.4) is 0 Å². The molecular weight excluding hydrogens is 254 g/mol. The molecule has 98 valence electrons. The van der Waals surface area contributed by atoms with E-state index < -0.39 is 23.2 Å². The molecule has 0 bridgehead atoms. The average molecular weight is 264 g/mol. The molecule has 0 spiro atoms. The van der Waals surface area contributed by atoms with Crippen LogP contribution in [0.4, 0.5) is 14.5 Å². The summed E-state index contributed by atoms with van der Waals surface area (Å²) in [7, 11) is 0. The number of carbonyl (C=O) groups is 1. The summed E-state index contributed by atoms with van der Waals surface area (Å²) in [6.07, 6.45) is 1.000. The van der Waals surface area contributed by atoms with Gasteiger partial charge < -0.3 is 10.4 Å². The summed E-state index contributed by atoms with van der Waals surface area (Å²) in [4.78, 5) is 14.8. The number of pyridine rings is 1. The number of hydrogen-bond acceptors (Lipinski definition) is 3. The van der Waals surface area contributed by atoms with Crippen LogP contribution in [0.15, 0.2) is 30.5 Å². The van der Waals surface area contributed by atoms with Gasteiger partial charge in [-0.1, -0.05) is 6.07 Å². The first-order valence-corrected chi connectivity index (χ1v) is 5.40. The molecule has 4 nitrogen and oxygen atoms in total. The summed E-state index contributed by atoms with van der Waals surface area (Å²) >= 11 is 0. The minimum absolute atomic E-state index is 0.000758. The van der Waals surface area contributed by atoms with Crippen molar-refractivity contribution >= 4 is 11.6 Å². The number of phenols is 1. The van der Waals surface area contributed by atoms with E-state index in [0.29, 0.717) is 5.56 Å². The van der Waals surface area contributed by atoms with Gasteiger partial charge in [0.2, 0.25) is 5.95 Å². The Bertz CT molecular complexity index is 645. The van der Waals surface area contributed by atoms with Crippen LogP contribution in [0.5, 0.6) is 5.75 Å². The van der Waals surface area contributed by atoms with E-state index in [1.165, 1.54) is 6.07 Å². The van der Waals surface area contributed by atoms with Crippen molar-refractivity contribution in [3.05, 3.63) is 53.4 Å². The lowest BCUT2D eigenvalue weighted by Gasteiger charge is -2.07. The molecule has 1 aromatic heterocycles. The maximum Gasteiger partial charge on any atom is 0.258 e. The highest BCUT2D eigenvalue weighted by molar-refractivity contribution is 6.04. The van der Waals surface area contributed by atoms with Gasteiger partial charge in [-0.05, 0) is 24.6 Å². The highest BCUT2D eigenvalue weighted by Crippen LogP contribution is 2.21. The summed E-state index contributed by atoms with van der Waals surface area (Å²) < 4.78 is 26.2. The maximum absolute atomic E-state index is 13.4. The van der Waals surface area contributed by atoms with Crippen LogP contribution in [0.2, 0.25) is 0 Å². The quantitative estimate of drug-likeness (QED) is 0.819. The third kappa shape index (κ3) is 2.67. The number of anilines is 1. The van der Waals surface area contributed by atoms with Gasteiger partial charge in [-0.2, -0.15) is 4.39 Å². The fourth-order valence-electron chi connectivity index (χ4n) is 1.48. The highest BCUT2D eigenvalue weighted by Gasteiger charge is 2.16. The van der Waals surface area contributed by atoms with E-state index in [-0.39, 0.29) is 11.4 Å². The number of aromatic hydroxyl groups is 1. The van der Waals surface area contributed by atoms with Crippen molar-refractivity contribution in [2.24, 2.45) is 0 Å². The number of aromatic nitrogens is 1. The summed E-state index contributed by atoms with van der Waals surface area (Å²) in [5, 5.41) is 11.8. The zero-order valence-corrected chi connectivity index (χ0v) is 9.95. The summed E-state index contributed by atoms with van der Waals surface area (Å²) in [6.45, 7) is 1.69. The standard InChI is InChI=1S/C13H10F2N2O2/c1-7-2-3-8(6-10(7)18)17-13(19)9-4-5-16-12(15)11(9)14/h2-6,18H,1H3,(H,17,19). The molecule has 0 aliphatic heterocycles. The van der Waals surface area contributed by atoms with Crippen LogP contribution in [0.1, 0.15) is 15.9 Å². The summed E-state index contributed by atoms with van der Waals surface area (Å²) in [6, 6.07) is 5.53. The lowest BCUT2D eigenvalue weighted by atomic mass is 10.2. The number of carbonyl (C=O) groups excluding carboxylic acids is 1. The summed E-state index contributed by atoms with van der Waals surface area (Å²) in [5.41, 5.74) is 0.469. The molecule has 2 N–H and O–H groups in total. The molecule has 1 amide bonds. The van der Waals surface area contributed by atoms with Gasteiger partial charge in [0, 0.05) is 18.0 Å². The minimum atomic E-state index is -1.33. The number of benzene rings is 1. The molecule has 0 atom stereocenters. The van der Waals surface area contributed by atoms with Crippen LogP contribution >= 0.6 is 0 Å². The zero-order chi connectivity index (χ0) is 14.0. The predicted octanol–water partition coefficient (Wildman–Crippen LogP) is 2.63. The number of hydrogen-bond donors (Lipinski definition) is 2. The average Bonchev–Trinajstić information content (AvgIpc) is 2.37. The number of nitrogens with zero attached hydrogens (tertiary/aromatic N) is 1. The van der Waals surface area contributed by atoms with Crippen molar-refractivity contribution in [1.29, 1.82) is 0 Å². The van der Waals surface area contributed by atoms with Gasteiger partial charge in [-0.3, -0.25) is 4.79 Å². The first kappa shape index (κ1) is 12.9. The second-order valence-corrected chi connectivity index (χ2v) is 3.92. The van der Waals surface area contributed by atoms with Crippen molar-refractivity contribution in [3.63, 3.8) is 0 Å². The smallest absolute Gasteiger partial charge is 0.258 e. The molecule has 2 rings (SSSR count). The summed E-state index contributed by atoms with van der Waals surface area (Å²) in [5.74, 6) is -3.46. The van der Waals surface area contributed by atoms with E-state index >= 15 is 0 Å². The van der Waals surface area contributed by atoms with Gasteiger partial charge >= 0.3 is 0 Å². The molecule has 0 radical (unpaired) electrons. The number of nitrogens with one attached hydrogen (secondary N) is 1. The number of aryl methyl sites for hydroxylation is 1. The normalized spacial score (nSPS) is 10.3. The van der Waals surface area contributed by atoms with E-state index in [9.17, 15) is 18.7 Å². The molecule has 0 aliphatic carbocycles. The molecule has 0 fully saturated rings. The molecule has 0 saturated heterocycles. The second-order valence-electron chi connectivity index (χ2n) is 3.92. The Kier molecular flexibility index (Phi) is 3.41. The molecule has 1 aromatic carbocycles. The van der Waals surface area contributed by atoms with Crippen molar-refractivity contribution < 1.29 is 18.7 Å².